The minimum atomic E-state index is -3.48. The first kappa shape index (κ1) is 14.5. The highest BCUT2D eigenvalue weighted by Crippen LogP contribution is 2.32. The smallest absolute Gasteiger partial charge is 0.243 e. The molecule has 0 aliphatic carbocycles. The molecular formula is C15H20N2O3S. The molecule has 1 unspecified atom stereocenters. The van der Waals surface area contributed by atoms with Crippen LogP contribution in [0.15, 0.2) is 23.1 Å². The third kappa shape index (κ3) is 2.46. The maximum absolute atomic E-state index is 12.9. The monoisotopic (exact) mass is 308 g/mol. The van der Waals surface area contributed by atoms with E-state index in [0.29, 0.717) is 17.4 Å². The quantitative estimate of drug-likeness (QED) is 0.928. The van der Waals surface area contributed by atoms with E-state index in [1.165, 1.54) is 0 Å². The van der Waals surface area contributed by atoms with E-state index in [1.54, 1.807) is 22.5 Å². The summed E-state index contributed by atoms with van der Waals surface area (Å²) in [5, 5.41) is 2.73. The topological polar surface area (TPSA) is 66.5 Å². The van der Waals surface area contributed by atoms with Crippen molar-refractivity contribution in [3.8, 4) is 0 Å². The molecule has 0 bridgehead atoms. The summed E-state index contributed by atoms with van der Waals surface area (Å²) in [6, 6.07) is 4.99. The van der Waals surface area contributed by atoms with Crippen LogP contribution in [0.1, 0.15) is 32.3 Å². The molecule has 1 N–H and O–H groups in total. The Morgan fingerprint density at radius 2 is 2.10 bits per heavy atom. The maximum Gasteiger partial charge on any atom is 0.243 e. The van der Waals surface area contributed by atoms with E-state index in [4.69, 9.17) is 0 Å². The van der Waals surface area contributed by atoms with Gasteiger partial charge in [0.15, 0.2) is 0 Å². The zero-order chi connectivity index (χ0) is 15.2. The van der Waals surface area contributed by atoms with Gasteiger partial charge in [0, 0.05) is 18.3 Å². The van der Waals surface area contributed by atoms with Crippen LogP contribution in [-0.4, -0.2) is 31.2 Å². The summed E-state index contributed by atoms with van der Waals surface area (Å²) in [5.74, 6) is 0.223. The minimum Gasteiger partial charge on any atom is -0.326 e. The Balaban J connectivity index is 1.96. The van der Waals surface area contributed by atoms with Gasteiger partial charge in [0.25, 0.3) is 0 Å². The molecular weight excluding hydrogens is 288 g/mol. The number of amides is 1. The van der Waals surface area contributed by atoms with E-state index in [9.17, 15) is 13.2 Å². The molecule has 0 radical (unpaired) electrons. The normalized spacial score (nSPS) is 22.6. The number of nitrogens with one attached hydrogen (secondary N) is 1. The van der Waals surface area contributed by atoms with Crippen molar-refractivity contribution in [1.29, 1.82) is 0 Å². The summed E-state index contributed by atoms with van der Waals surface area (Å²) in [6.45, 7) is 4.70. The van der Waals surface area contributed by atoms with Gasteiger partial charge in [-0.25, -0.2) is 8.42 Å². The third-order valence-electron chi connectivity index (χ3n) is 4.33. The number of carbonyl (C=O) groups excluding carboxylic acids is 1. The van der Waals surface area contributed by atoms with E-state index in [1.807, 2.05) is 0 Å². The van der Waals surface area contributed by atoms with E-state index in [0.717, 1.165) is 24.1 Å². The SMILES string of the molecule is CC(C)C1CCCN1S(=O)(=O)c1ccc2c(c1)CC(=O)N2. The molecule has 5 nitrogen and oxygen atoms in total. The van der Waals surface area contributed by atoms with E-state index in [2.05, 4.69) is 19.2 Å². The van der Waals surface area contributed by atoms with Gasteiger partial charge in [-0.15, -0.1) is 0 Å². The minimum absolute atomic E-state index is 0.0722. The lowest BCUT2D eigenvalue weighted by atomic mass is 10.0. The van der Waals surface area contributed by atoms with Crippen molar-refractivity contribution in [2.45, 2.75) is 44.0 Å². The van der Waals surface area contributed by atoms with E-state index in [-0.39, 0.29) is 18.4 Å². The Bertz CT molecular complexity index is 682. The van der Waals surface area contributed by atoms with Gasteiger partial charge in [-0.3, -0.25) is 4.79 Å². The Labute approximate surface area is 125 Å². The summed E-state index contributed by atoms with van der Waals surface area (Å²) in [7, 11) is -3.48. The van der Waals surface area contributed by atoms with Gasteiger partial charge in [-0.05, 0) is 42.5 Å². The summed E-state index contributed by atoms with van der Waals surface area (Å²) in [6.07, 6.45) is 2.08. The average Bonchev–Trinajstić information content (AvgIpc) is 3.02. The maximum atomic E-state index is 12.9. The standard InChI is InChI=1S/C15H20N2O3S/c1-10(2)14-4-3-7-17(14)21(19,20)12-5-6-13-11(8-12)9-15(18)16-13/h5-6,8,10,14H,3-4,7,9H2,1-2H3,(H,16,18). The van der Waals surface area contributed by atoms with Crippen LogP contribution in [0.4, 0.5) is 5.69 Å². The van der Waals surface area contributed by atoms with Gasteiger partial charge >= 0.3 is 0 Å². The Hall–Kier alpha value is -1.40. The largest absolute Gasteiger partial charge is 0.326 e. The number of sulfonamides is 1. The Morgan fingerprint density at radius 3 is 2.81 bits per heavy atom. The van der Waals surface area contributed by atoms with E-state index < -0.39 is 10.0 Å². The summed E-state index contributed by atoms with van der Waals surface area (Å²) >= 11 is 0. The van der Waals surface area contributed by atoms with Gasteiger partial charge in [-0.1, -0.05) is 13.8 Å². The number of hydrogen-bond acceptors (Lipinski definition) is 3. The lowest BCUT2D eigenvalue weighted by molar-refractivity contribution is -0.115. The first-order chi connectivity index (χ1) is 9.89. The fraction of sp³-hybridized carbons (Fsp3) is 0.533. The van der Waals surface area contributed by atoms with Crippen molar-refractivity contribution in [1.82, 2.24) is 4.31 Å². The molecule has 1 atom stereocenters. The predicted octanol–water partition coefficient (Wildman–Crippen LogP) is 1.99. The average molecular weight is 308 g/mol. The second-order valence-corrected chi connectivity index (χ2v) is 8.00. The van der Waals surface area contributed by atoms with Crippen LogP contribution in [0.2, 0.25) is 0 Å². The van der Waals surface area contributed by atoms with Gasteiger partial charge in [0.1, 0.15) is 0 Å². The first-order valence-electron chi connectivity index (χ1n) is 7.34. The van der Waals surface area contributed by atoms with Crippen molar-refractivity contribution in [2.75, 3.05) is 11.9 Å². The van der Waals surface area contributed by atoms with Crippen molar-refractivity contribution in [3.05, 3.63) is 23.8 Å². The molecule has 3 rings (SSSR count). The first-order valence-corrected chi connectivity index (χ1v) is 8.78. The van der Waals surface area contributed by atoms with Crippen LogP contribution >= 0.6 is 0 Å². The Kier molecular flexibility index (Phi) is 3.53. The van der Waals surface area contributed by atoms with Gasteiger partial charge in [0.05, 0.1) is 11.3 Å². The molecule has 21 heavy (non-hydrogen) atoms. The molecule has 2 aliphatic heterocycles. The number of hydrogen-bond donors (Lipinski definition) is 1. The highest BCUT2D eigenvalue weighted by atomic mass is 32.2. The number of nitrogens with zero attached hydrogens (tertiary/aromatic N) is 1. The molecule has 0 saturated carbocycles. The molecule has 1 aromatic rings. The lowest BCUT2D eigenvalue weighted by Gasteiger charge is -2.27. The fourth-order valence-electron chi connectivity index (χ4n) is 3.23. The molecule has 2 heterocycles. The second-order valence-electron chi connectivity index (χ2n) is 6.11. The molecule has 0 spiro atoms. The number of fused-ring (bicyclic) bond motifs is 1. The summed E-state index contributed by atoms with van der Waals surface area (Å²) < 4.78 is 27.3. The summed E-state index contributed by atoms with van der Waals surface area (Å²) in [4.78, 5) is 11.7. The predicted molar refractivity (Wildman–Crippen MR) is 80.5 cm³/mol. The van der Waals surface area contributed by atoms with Crippen molar-refractivity contribution >= 4 is 21.6 Å². The zero-order valence-electron chi connectivity index (χ0n) is 12.3. The van der Waals surface area contributed by atoms with Crippen LogP contribution in [0, 0.1) is 5.92 Å². The number of anilines is 1. The fourth-order valence-corrected chi connectivity index (χ4v) is 5.11. The molecule has 1 aromatic carbocycles. The van der Waals surface area contributed by atoms with Crippen LogP contribution < -0.4 is 5.32 Å². The highest BCUT2D eigenvalue weighted by molar-refractivity contribution is 7.89. The number of benzene rings is 1. The molecule has 6 heteroatoms. The molecule has 2 aliphatic rings. The highest BCUT2D eigenvalue weighted by Gasteiger charge is 2.37. The second kappa shape index (κ2) is 5.10. The number of rotatable bonds is 3. The van der Waals surface area contributed by atoms with Crippen LogP contribution in [-0.2, 0) is 21.2 Å². The molecule has 1 amide bonds. The van der Waals surface area contributed by atoms with Crippen molar-refractivity contribution < 1.29 is 13.2 Å². The van der Waals surface area contributed by atoms with Crippen molar-refractivity contribution in [3.63, 3.8) is 0 Å². The van der Waals surface area contributed by atoms with Crippen LogP contribution in [0.5, 0.6) is 0 Å². The third-order valence-corrected chi connectivity index (χ3v) is 6.25. The molecule has 1 saturated heterocycles. The van der Waals surface area contributed by atoms with Gasteiger partial charge in [0.2, 0.25) is 15.9 Å². The molecule has 114 valence electrons. The Morgan fingerprint density at radius 1 is 1.33 bits per heavy atom. The van der Waals surface area contributed by atoms with Crippen LogP contribution in [0.25, 0.3) is 0 Å². The van der Waals surface area contributed by atoms with E-state index >= 15 is 0 Å². The summed E-state index contributed by atoms with van der Waals surface area (Å²) in [5.41, 5.74) is 1.49. The lowest BCUT2D eigenvalue weighted by Crippen LogP contribution is -2.38. The number of carbonyl (C=O) groups is 1. The molecule has 1 fully saturated rings. The zero-order valence-corrected chi connectivity index (χ0v) is 13.1. The van der Waals surface area contributed by atoms with Crippen LogP contribution in [0.3, 0.4) is 0 Å². The molecule has 0 aromatic heterocycles. The van der Waals surface area contributed by atoms with Gasteiger partial charge in [-0.2, -0.15) is 4.31 Å². The van der Waals surface area contributed by atoms with Crippen molar-refractivity contribution in [2.24, 2.45) is 5.92 Å². The van der Waals surface area contributed by atoms with Gasteiger partial charge < -0.3 is 5.32 Å².